The lowest BCUT2D eigenvalue weighted by Crippen LogP contribution is -2.25. The van der Waals surface area contributed by atoms with Gasteiger partial charge in [-0.25, -0.2) is 0 Å². The van der Waals surface area contributed by atoms with Gasteiger partial charge in [-0.1, -0.05) is 24.3 Å². The molecule has 2 heteroatoms. The number of hydrogen-bond donors (Lipinski definition) is 2. The van der Waals surface area contributed by atoms with Gasteiger partial charge in [0, 0.05) is 0 Å². The smallest absolute Gasteiger partial charge is 0.0844 e. The lowest BCUT2D eigenvalue weighted by atomic mass is 9.84. The van der Waals surface area contributed by atoms with Gasteiger partial charge in [-0.3, -0.25) is 0 Å². The Morgan fingerprint density at radius 2 is 1.06 bits per heavy atom. The van der Waals surface area contributed by atoms with Gasteiger partial charge < -0.3 is 10.2 Å². The van der Waals surface area contributed by atoms with Gasteiger partial charge in [0.15, 0.2) is 0 Å². The van der Waals surface area contributed by atoms with Gasteiger partial charge >= 0.3 is 0 Å². The topological polar surface area (TPSA) is 40.5 Å². The molecule has 18 heavy (non-hydrogen) atoms. The van der Waals surface area contributed by atoms with Gasteiger partial charge in [-0.15, -0.1) is 0 Å². The largest absolute Gasteiger partial charge is 0.386 e. The summed E-state index contributed by atoms with van der Waals surface area (Å²) in [6.45, 7) is 6.97. The maximum Gasteiger partial charge on any atom is 0.0844 e. The molecule has 2 aromatic carbocycles. The second kappa shape index (κ2) is 4.08. The van der Waals surface area contributed by atoms with Crippen molar-refractivity contribution in [2.75, 3.05) is 0 Å². The third kappa shape index (κ3) is 2.40. The van der Waals surface area contributed by atoms with E-state index in [-0.39, 0.29) is 0 Å². The van der Waals surface area contributed by atoms with E-state index in [0.29, 0.717) is 0 Å². The summed E-state index contributed by atoms with van der Waals surface area (Å²) in [6, 6.07) is 11.9. The first kappa shape index (κ1) is 13.1. The van der Waals surface area contributed by atoms with E-state index in [9.17, 15) is 10.2 Å². The van der Waals surface area contributed by atoms with Crippen molar-refractivity contribution in [1.82, 2.24) is 0 Å². The molecule has 0 heterocycles. The van der Waals surface area contributed by atoms with Gasteiger partial charge in [0.05, 0.1) is 11.2 Å². The van der Waals surface area contributed by atoms with Crippen molar-refractivity contribution >= 4 is 10.8 Å². The van der Waals surface area contributed by atoms with Crippen LogP contribution in [0.5, 0.6) is 0 Å². The van der Waals surface area contributed by atoms with E-state index >= 15 is 0 Å². The van der Waals surface area contributed by atoms with Crippen molar-refractivity contribution < 1.29 is 10.2 Å². The zero-order valence-corrected chi connectivity index (χ0v) is 11.4. The molecule has 2 N–H and O–H groups in total. The van der Waals surface area contributed by atoms with E-state index in [0.717, 1.165) is 21.9 Å². The van der Waals surface area contributed by atoms with Crippen molar-refractivity contribution in [3.63, 3.8) is 0 Å². The molecule has 0 aliphatic carbocycles. The fourth-order valence-electron chi connectivity index (χ4n) is 2.25. The van der Waals surface area contributed by atoms with Gasteiger partial charge in [0.25, 0.3) is 0 Å². The first-order valence-corrected chi connectivity index (χ1v) is 6.18. The zero-order valence-electron chi connectivity index (χ0n) is 11.4. The van der Waals surface area contributed by atoms with Crippen LogP contribution in [0, 0.1) is 0 Å². The SMILES string of the molecule is CC(C)(O)c1cc2ccccc2cc1C(C)(C)O. The molecule has 2 nitrogen and oxygen atoms in total. The van der Waals surface area contributed by atoms with E-state index in [1.807, 2.05) is 36.4 Å². The molecule has 0 saturated heterocycles. The highest BCUT2D eigenvalue weighted by Crippen LogP contribution is 2.34. The van der Waals surface area contributed by atoms with Crippen LogP contribution in [0.25, 0.3) is 10.8 Å². The highest BCUT2D eigenvalue weighted by molar-refractivity contribution is 5.84. The fraction of sp³-hybridized carbons (Fsp3) is 0.375. The molecule has 0 bridgehead atoms. The lowest BCUT2D eigenvalue weighted by molar-refractivity contribution is 0.0527. The molecule has 2 rings (SSSR count). The summed E-state index contributed by atoms with van der Waals surface area (Å²) in [5.41, 5.74) is -0.402. The number of benzene rings is 2. The van der Waals surface area contributed by atoms with Gasteiger partial charge in [0.2, 0.25) is 0 Å². The van der Waals surface area contributed by atoms with Gasteiger partial charge in [-0.05, 0) is 61.7 Å². The van der Waals surface area contributed by atoms with Crippen molar-refractivity contribution in [3.8, 4) is 0 Å². The highest BCUT2D eigenvalue weighted by Gasteiger charge is 2.28. The quantitative estimate of drug-likeness (QED) is 0.851. The average Bonchev–Trinajstić information content (AvgIpc) is 2.25. The molecule has 0 amide bonds. The van der Waals surface area contributed by atoms with Crippen LogP contribution >= 0.6 is 0 Å². The number of hydrogen-bond acceptors (Lipinski definition) is 2. The summed E-state index contributed by atoms with van der Waals surface area (Å²) in [6.07, 6.45) is 0. The van der Waals surface area contributed by atoms with Crippen molar-refractivity contribution in [2.45, 2.75) is 38.9 Å². The Bertz CT molecular complexity index is 519. The highest BCUT2D eigenvalue weighted by atomic mass is 16.3. The maximum atomic E-state index is 10.3. The molecule has 0 aliphatic rings. The van der Waals surface area contributed by atoms with E-state index in [2.05, 4.69) is 0 Å². The van der Waals surface area contributed by atoms with Crippen LogP contribution in [-0.4, -0.2) is 10.2 Å². The minimum absolute atomic E-state index is 0.772. The summed E-state index contributed by atoms with van der Waals surface area (Å²) in [5, 5.41) is 22.7. The number of fused-ring (bicyclic) bond motifs is 1. The molecule has 0 aromatic heterocycles. The average molecular weight is 244 g/mol. The van der Waals surface area contributed by atoms with Crippen LogP contribution in [0.1, 0.15) is 38.8 Å². The third-order valence-corrected chi connectivity index (χ3v) is 3.20. The van der Waals surface area contributed by atoms with Crippen LogP contribution in [0.15, 0.2) is 36.4 Å². The van der Waals surface area contributed by atoms with E-state index in [1.165, 1.54) is 0 Å². The van der Waals surface area contributed by atoms with E-state index < -0.39 is 11.2 Å². The normalized spacial score (nSPS) is 13.0. The standard InChI is InChI=1S/C16H20O2/c1-15(2,17)13-9-11-7-5-6-8-12(11)10-14(13)16(3,4)18/h5-10,17-18H,1-4H3. The second-order valence-corrected chi connectivity index (χ2v) is 5.86. The first-order chi connectivity index (χ1) is 8.19. The Morgan fingerprint density at radius 3 is 1.33 bits per heavy atom. The molecular formula is C16H20O2. The van der Waals surface area contributed by atoms with Crippen LogP contribution in [-0.2, 0) is 11.2 Å². The summed E-state index contributed by atoms with van der Waals surface area (Å²) in [5.74, 6) is 0. The molecule has 2 aromatic rings. The van der Waals surface area contributed by atoms with Crippen LogP contribution in [0.4, 0.5) is 0 Å². The Balaban J connectivity index is 2.81. The second-order valence-electron chi connectivity index (χ2n) is 5.86. The first-order valence-electron chi connectivity index (χ1n) is 6.18. The van der Waals surface area contributed by atoms with E-state index in [4.69, 9.17) is 0 Å². The van der Waals surface area contributed by atoms with Crippen molar-refractivity contribution in [2.24, 2.45) is 0 Å². The monoisotopic (exact) mass is 244 g/mol. The number of rotatable bonds is 2. The summed E-state index contributed by atoms with van der Waals surface area (Å²) < 4.78 is 0. The third-order valence-electron chi connectivity index (χ3n) is 3.20. The van der Waals surface area contributed by atoms with Gasteiger partial charge in [0.1, 0.15) is 0 Å². The van der Waals surface area contributed by atoms with Crippen molar-refractivity contribution in [3.05, 3.63) is 47.5 Å². The Kier molecular flexibility index (Phi) is 2.96. The zero-order chi connectivity index (χ0) is 13.6. The predicted molar refractivity (Wildman–Crippen MR) is 74.4 cm³/mol. The Hall–Kier alpha value is -1.38. The molecule has 0 atom stereocenters. The minimum Gasteiger partial charge on any atom is -0.386 e. The minimum atomic E-state index is -0.973. The molecule has 96 valence electrons. The predicted octanol–water partition coefficient (Wildman–Crippen LogP) is 3.29. The Labute approximate surface area is 108 Å². The lowest BCUT2D eigenvalue weighted by Gasteiger charge is -2.28. The summed E-state index contributed by atoms with van der Waals surface area (Å²) in [4.78, 5) is 0. The summed E-state index contributed by atoms with van der Waals surface area (Å²) in [7, 11) is 0. The molecule has 0 spiro atoms. The van der Waals surface area contributed by atoms with Crippen LogP contribution < -0.4 is 0 Å². The molecular weight excluding hydrogens is 224 g/mol. The van der Waals surface area contributed by atoms with Gasteiger partial charge in [-0.2, -0.15) is 0 Å². The molecule has 0 fully saturated rings. The molecule has 0 saturated carbocycles. The molecule has 0 radical (unpaired) electrons. The molecule has 0 unspecified atom stereocenters. The molecule has 0 aliphatic heterocycles. The Morgan fingerprint density at radius 1 is 0.722 bits per heavy atom. The fourth-order valence-corrected chi connectivity index (χ4v) is 2.25. The summed E-state index contributed by atoms with van der Waals surface area (Å²) >= 11 is 0. The maximum absolute atomic E-state index is 10.3. The van der Waals surface area contributed by atoms with Crippen molar-refractivity contribution in [1.29, 1.82) is 0 Å². The number of aliphatic hydroxyl groups is 2. The van der Waals surface area contributed by atoms with E-state index in [1.54, 1.807) is 27.7 Å². The van der Waals surface area contributed by atoms with Crippen LogP contribution in [0.2, 0.25) is 0 Å². The van der Waals surface area contributed by atoms with Crippen LogP contribution in [0.3, 0.4) is 0 Å².